The van der Waals surface area contributed by atoms with Gasteiger partial charge in [-0.25, -0.2) is 4.98 Å². The zero-order chi connectivity index (χ0) is 11.9. The van der Waals surface area contributed by atoms with Gasteiger partial charge < -0.3 is 15.9 Å². The highest BCUT2D eigenvalue weighted by atomic mass is 16.3. The Morgan fingerprint density at radius 1 is 1.25 bits per heavy atom. The molecule has 0 spiro atoms. The normalized spacial score (nSPS) is 10.6. The van der Waals surface area contributed by atoms with E-state index < -0.39 is 11.8 Å². The highest BCUT2D eigenvalue weighted by Crippen LogP contribution is 2.23. The third-order valence-electron chi connectivity index (χ3n) is 2.24. The number of amides is 2. The average Bonchev–Trinajstić information content (AvgIpc) is 2.56. The van der Waals surface area contributed by atoms with Crippen LogP contribution < -0.4 is 11.5 Å². The van der Waals surface area contributed by atoms with Gasteiger partial charge in [-0.2, -0.15) is 0 Å². The summed E-state index contributed by atoms with van der Waals surface area (Å²) in [6, 6.07) is 2.96. The van der Waals surface area contributed by atoms with Crippen molar-refractivity contribution in [3.8, 4) is 0 Å². The fourth-order valence-corrected chi connectivity index (χ4v) is 1.46. The maximum Gasteiger partial charge on any atom is 0.284 e. The van der Waals surface area contributed by atoms with Crippen LogP contribution in [0.25, 0.3) is 11.1 Å². The van der Waals surface area contributed by atoms with E-state index in [0.717, 1.165) is 0 Å². The van der Waals surface area contributed by atoms with Crippen molar-refractivity contribution < 1.29 is 14.0 Å². The van der Waals surface area contributed by atoms with Crippen LogP contribution in [0.4, 0.5) is 0 Å². The van der Waals surface area contributed by atoms with Crippen LogP contribution in [-0.2, 0) is 0 Å². The molecule has 0 bridgehead atoms. The van der Waals surface area contributed by atoms with E-state index in [2.05, 4.69) is 4.98 Å². The van der Waals surface area contributed by atoms with Crippen molar-refractivity contribution in [2.75, 3.05) is 0 Å². The Balaban J connectivity index is 2.73. The maximum absolute atomic E-state index is 11.0. The van der Waals surface area contributed by atoms with E-state index in [0.29, 0.717) is 16.7 Å². The Bertz CT molecular complexity index is 601. The standard InChI is InChI=1S/C10H9N3O3/c1-4-7-6(16-8(4)10(12)15)3-2-5(13-7)9(11)14/h2-3H,1H3,(H2,11,14)(H2,12,15). The number of rotatable bonds is 2. The van der Waals surface area contributed by atoms with Gasteiger partial charge in [-0.3, -0.25) is 9.59 Å². The number of fused-ring (bicyclic) bond motifs is 1. The van der Waals surface area contributed by atoms with Crippen LogP contribution in [0, 0.1) is 6.92 Å². The molecule has 2 aromatic rings. The molecule has 2 rings (SSSR count). The van der Waals surface area contributed by atoms with E-state index in [1.165, 1.54) is 12.1 Å². The summed E-state index contributed by atoms with van der Waals surface area (Å²) in [6.45, 7) is 1.64. The molecule has 2 heterocycles. The lowest BCUT2D eigenvalue weighted by Crippen LogP contribution is -2.13. The number of aryl methyl sites for hydroxylation is 1. The van der Waals surface area contributed by atoms with Gasteiger partial charge in [-0.05, 0) is 19.1 Å². The number of pyridine rings is 1. The highest BCUT2D eigenvalue weighted by Gasteiger charge is 2.17. The fourth-order valence-electron chi connectivity index (χ4n) is 1.46. The lowest BCUT2D eigenvalue weighted by atomic mass is 10.2. The monoisotopic (exact) mass is 219 g/mol. The molecular weight excluding hydrogens is 210 g/mol. The molecule has 0 radical (unpaired) electrons. The van der Waals surface area contributed by atoms with Crippen molar-refractivity contribution in [3.63, 3.8) is 0 Å². The topological polar surface area (TPSA) is 112 Å². The summed E-state index contributed by atoms with van der Waals surface area (Å²) >= 11 is 0. The number of nitrogens with two attached hydrogens (primary N) is 2. The summed E-state index contributed by atoms with van der Waals surface area (Å²) in [6.07, 6.45) is 0. The van der Waals surface area contributed by atoms with Crippen LogP contribution in [0.3, 0.4) is 0 Å². The molecule has 6 heteroatoms. The van der Waals surface area contributed by atoms with Crippen LogP contribution in [-0.4, -0.2) is 16.8 Å². The number of carbonyl (C=O) groups is 2. The van der Waals surface area contributed by atoms with Gasteiger partial charge in [0.15, 0.2) is 11.3 Å². The summed E-state index contributed by atoms with van der Waals surface area (Å²) in [5.74, 6) is -1.26. The second kappa shape index (κ2) is 3.34. The predicted molar refractivity (Wildman–Crippen MR) is 55.8 cm³/mol. The molecule has 6 nitrogen and oxygen atoms in total. The molecule has 4 N–H and O–H groups in total. The van der Waals surface area contributed by atoms with E-state index in [-0.39, 0.29) is 11.5 Å². The third kappa shape index (κ3) is 1.40. The Kier molecular flexibility index (Phi) is 2.12. The molecule has 0 fully saturated rings. The minimum Gasteiger partial charge on any atom is -0.449 e. The van der Waals surface area contributed by atoms with E-state index >= 15 is 0 Å². The smallest absolute Gasteiger partial charge is 0.284 e. The highest BCUT2D eigenvalue weighted by molar-refractivity contribution is 5.98. The molecule has 0 saturated carbocycles. The Labute approximate surface area is 90.2 Å². The van der Waals surface area contributed by atoms with Crippen LogP contribution in [0.5, 0.6) is 0 Å². The van der Waals surface area contributed by atoms with Crippen molar-refractivity contribution in [1.29, 1.82) is 0 Å². The van der Waals surface area contributed by atoms with Crippen molar-refractivity contribution >= 4 is 22.9 Å². The van der Waals surface area contributed by atoms with Gasteiger partial charge in [0.2, 0.25) is 0 Å². The molecule has 0 unspecified atom stereocenters. The maximum atomic E-state index is 11.0. The van der Waals surface area contributed by atoms with E-state index in [1.54, 1.807) is 6.92 Å². The Morgan fingerprint density at radius 2 is 1.94 bits per heavy atom. The molecule has 2 aromatic heterocycles. The zero-order valence-electron chi connectivity index (χ0n) is 8.48. The molecule has 16 heavy (non-hydrogen) atoms. The second-order valence-corrected chi connectivity index (χ2v) is 3.33. The van der Waals surface area contributed by atoms with Gasteiger partial charge >= 0.3 is 0 Å². The Hall–Kier alpha value is -2.37. The van der Waals surface area contributed by atoms with E-state index in [1.807, 2.05) is 0 Å². The SMILES string of the molecule is Cc1c(C(N)=O)oc2ccc(C(N)=O)nc12. The van der Waals surface area contributed by atoms with Crippen LogP contribution in [0.2, 0.25) is 0 Å². The largest absolute Gasteiger partial charge is 0.449 e. The predicted octanol–water partition coefficient (Wildman–Crippen LogP) is 0.334. The summed E-state index contributed by atoms with van der Waals surface area (Å²) < 4.78 is 5.21. The lowest BCUT2D eigenvalue weighted by molar-refractivity contribution is 0.0972. The quantitative estimate of drug-likeness (QED) is 0.757. The van der Waals surface area contributed by atoms with Gasteiger partial charge in [0.1, 0.15) is 11.2 Å². The van der Waals surface area contributed by atoms with Crippen molar-refractivity contribution in [2.24, 2.45) is 11.5 Å². The number of hydrogen-bond donors (Lipinski definition) is 2. The summed E-state index contributed by atoms with van der Waals surface area (Å²) in [5, 5.41) is 0. The molecule has 0 aliphatic carbocycles. The molecule has 0 aliphatic rings. The summed E-state index contributed by atoms with van der Waals surface area (Å²) in [5.41, 5.74) is 11.7. The van der Waals surface area contributed by atoms with Gasteiger partial charge in [-0.15, -0.1) is 0 Å². The minimum absolute atomic E-state index is 0.0455. The number of carbonyl (C=O) groups excluding carboxylic acids is 2. The second-order valence-electron chi connectivity index (χ2n) is 3.33. The number of primary amides is 2. The van der Waals surface area contributed by atoms with Crippen LogP contribution in [0.15, 0.2) is 16.5 Å². The molecule has 0 atom stereocenters. The molecule has 0 aliphatic heterocycles. The first-order valence-electron chi connectivity index (χ1n) is 4.50. The van der Waals surface area contributed by atoms with Gasteiger partial charge in [0, 0.05) is 5.56 Å². The molecule has 82 valence electrons. The first-order valence-corrected chi connectivity index (χ1v) is 4.50. The number of aromatic nitrogens is 1. The van der Waals surface area contributed by atoms with Crippen molar-refractivity contribution in [2.45, 2.75) is 6.92 Å². The number of furan rings is 1. The average molecular weight is 219 g/mol. The lowest BCUT2D eigenvalue weighted by Gasteiger charge is -1.93. The van der Waals surface area contributed by atoms with Gasteiger partial charge in [0.05, 0.1) is 0 Å². The first kappa shape index (κ1) is 10.2. The van der Waals surface area contributed by atoms with E-state index in [4.69, 9.17) is 15.9 Å². The summed E-state index contributed by atoms with van der Waals surface area (Å²) in [7, 11) is 0. The minimum atomic E-state index is -0.670. The van der Waals surface area contributed by atoms with Crippen LogP contribution >= 0.6 is 0 Å². The number of nitrogens with zero attached hydrogens (tertiary/aromatic N) is 1. The molecule has 0 saturated heterocycles. The van der Waals surface area contributed by atoms with Gasteiger partial charge in [0.25, 0.3) is 11.8 Å². The fraction of sp³-hybridized carbons (Fsp3) is 0.100. The first-order chi connectivity index (χ1) is 7.50. The van der Waals surface area contributed by atoms with Crippen molar-refractivity contribution in [3.05, 3.63) is 29.2 Å². The summed E-state index contributed by atoms with van der Waals surface area (Å²) in [4.78, 5) is 26.0. The number of hydrogen-bond acceptors (Lipinski definition) is 4. The van der Waals surface area contributed by atoms with E-state index in [9.17, 15) is 9.59 Å². The zero-order valence-corrected chi connectivity index (χ0v) is 8.48. The molecule has 0 aromatic carbocycles. The molecule has 2 amide bonds. The Morgan fingerprint density at radius 3 is 2.50 bits per heavy atom. The third-order valence-corrected chi connectivity index (χ3v) is 2.24. The van der Waals surface area contributed by atoms with Crippen LogP contribution in [0.1, 0.15) is 26.6 Å². The molecular formula is C10H9N3O3. The van der Waals surface area contributed by atoms with Crippen molar-refractivity contribution in [1.82, 2.24) is 4.98 Å². The van der Waals surface area contributed by atoms with Gasteiger partial charge in [-0.1, -0.05) is 0 Å².